The zero-order chi connectivity index (χ0) is 18.6. The quantitative estimate of drug-likeness (QED) is 0.720. The Labute approximate surface area is 155 Å². The zero-order valence-corrected chi connectivity index (χ0v) is 16.0. The predicted molar refractivity (Wildman–Crippen MR) is 99.6 cm³/mol. The third-order valence-corrected chi connectivity index (χ3v) is 6.80. The number of Topliss-reactive ketones (excluding diaryl/α,β-unsaturated/α-hetero) is 1. The molecule has 3 rings (SSSR count). The Kier molecular flexibility index (Phi) is 6.29. The van der Waals surface area contributed by atoms with Crippen molar-refractivity contribution in [3.63, 3.8) is 0 Å². The normalized spacial score (nSPS) is 20.3. The van der Waals surface area contributed by atoms with Crippen molar-refractivity contribution >= 4 is 16.0 Å². The minimum absolute atomic E-state index is 0.0352. The lowest BCUT2D eigenvalue weighted by Gasteiger charge is -2.34. The first kappa shape index (κ1) is 19.3. The highest BCUT2D eigenvalue weighted by molar-refractivity contribution is 7.87. The van der Waals surface area contributed by atoms with Crippen molar-refractivity contribution in [3.8, 4) is 5.75 Å². The van der Waals surface area contributed by atoms with Crippen LogP contribution in [-0.2, 0) is 10.2 Å². The number of hydrogen-bond donors (Lipinski definition) is 1. The molecule has 0 bridgehead atoms. The first-order valence-corrected chi connectivity index (χ1v) is 10.6. The van der Waals surface area contributed by atoms with E-state index in [9.17, 15) is 13.2 Å². The molecule has 1 saturated heterocycles. The molecule has 2 aliphatic rings. The third kappa shape index (κ3) is 4.82. The molecule has 26 heavy (non-hydrogen) atoms. The van der Waals surface area contributed by atoms with Gasteiger partial charge in [0.05, 0.1) is 13.7 Å². The summed E-state index contributed by atoms with van der Waals surface area (Å²) in [7, 11) is -1.83. The highest BCUT2D eigenvalue weighted by atomic mass is 32.2. The number of nitrogens with one attached hydrogen (secondary N) is 1. The first-order chi connectivity index (χ1) is 12.5. The van der Waals surface area contributed by atoms with Crippen molar-refractivity contribution in [2.45, 2.75) is 31.7 Å². The second-order valence-electron chi connectivity index (χ2n) is 6.93. The lowest BCUT2D eigenvalue weighted by molar-refractivity contribution is 0.0901. The molecule has 1 aliphatic carbocycles. The maximum absolute atomic E-state index is 12.5. The lowest BCUT2D eigenvalue weighted by atomic mass is 10.1. The number of methoxy groups -OCH3 is 1. The molecule has 1 saturated carbocycles. The van der Waals surface area contributed by atoms with Crippen LogP contribution in [0.2, 0.25) is 0 Å². The molecule has 0 unspecified atom stereocenters. The predicted octanol–water partition coefficient (Wildman–Crippen LogP) is 1.27. The largest absolute Gasteiger partial charge is 0.497 e. The van der Waals surface area contributed by atoms with Crippen LogP contribution in [0.5, 0.6) is 5.75 Å². The van der Waals surface area contributed by atoms with Gasteiger partial charge in [-0.2, -0.15) is 17.4 Å². The maximum Gasteiger partial charge on any atom is 0.279 e. The fourth-order valence-corrected chi connectivity index (χ4v) is 4.98. The molecule has 2 fully saturated rings. The van der Waals surface area contributed by atoms with E-state index < -0.39 is 10.2 Å². The van der Waals surface area contributed by atoms with E-state index in [0.717, 1.165) is 31.4 Å². The summed E-state index contributed by atoms with van der Waals surface area (Å²) >= 11 is 0. The Morgan fingerprint density at radius 1 is 1.12 bits per heavy atom. The van der Waals surface area contributed by atoms with Gasteiger partial charge in [0.25, 0.3) is 10.2 Å². The Balaban J connectivity index is 1.49. The van der Waals surface area contributed by atoms with Crippen LogP contribution in [-0.4, -0.2) is 69.3 Å². The molecular formula is C18H27N3O4S. The number of carbonyl (C=O) groups is 1. The number of hydrogen-bond acceptors (Lipinski definition) is 5. The average Bonchev–Trinajstić information content (AvgIpc) is 3.14. The van der Waals surface area contributed by atoms with Gasteiger partial charge in [-0.1, -0.05) is 12.8 Å². The summed E-state index contributed by atoms with van der Waals surface area (Å²) in [6.07, 6.45) is 4.04. The number of piperazine rings is 1. The van der Waals surface area contributed by atoms with E-state index in [2.05, 4.69) is 4.72 Å². The molecule has 1 aromatic rings. The van der Waals surface area contributed by atoms with Crippen LogP contribution in [0.4, 0.5) is 0 Å². The van der Waals surface area contributed by atoms with Crippen LogP contribution >= 0.6 is 0 Å². The van der Waals surface area contributed by atoms with Gasteiger partial charge in [-0.3, -0.25) is 9.69 Å². The summed E-state index contributed by atoms with van der Waals surface area (Å²) in [5, 5.41) is 0. The van der Waals surface area contributed by atoms with Gasteiger partial charge in [-0.25, -0.2) is 0 Å². The summed E-state index contributed by atoms with van der Waals surface area (Å²) in [6, 6.07) is 7.13. The monoisotopic (exact) mass is 381 g/mol. The fourth-order valence-electron chi connectivity index (χ4n) is 3.53. The number of rotatable bonds is 7. The van der Waals surface area contributed by atoms with E-state index in [4.69, 9.17) is 4.74 Å². The van der Waals surface area contributed by atoms with Crippen molar-refractivity contribution in [2.75, 3.05) is 39.8 Å². The molecule has 0 amide bonds. The van der Waals surface area contributed by atoms with Crippen LogP contribution in [0.15, 0.2) is 24.3 Å². The van der Waals surface area contributed by atoms with E-state index in [0.29, 0.717) is 38.3 Å². The first-order valence-electron chi connectivity index (χ1n) is 9.15. The summed E-state index contributed by atoms with van der Waals surface area (Å²) < 4.78 is 34.4. The molecule has 1 aromatic carbocycles. The van der Waals surface area contributed by atoms with E-state index in [1.54, 1.807) is 31.4 Å². The van der Waals surface area contributed by atoms with Crippen LogP contribution in [0, 0.1) is 0 Å². The Bertz CT molecular complexity index is 706. The summed E-state index contributed by atoms with van der Waals surface area (Å²) in [6.45, 7) is 2.26. The summed E-state index contributed by atoms with van der Waals surface area (Å²) in [4.78, 5) is 14.4. The van der Waals surface area contributed by atoms with E-state index in [1.165, 1.54) is 4.31 Å². The fraction of sp³-hybridized carbons (Fsp3) is 0.611. The van der Waals surface area contributed by atoms with Gasteiger partial charge in [0.15, 0.2) is 5.78 Å². The van der Waals surface area contributed by atoms with Gasteiger partial charge >= 0.3 is 0 Å². The standard InChI is InChI=1S/C18H27N3O4S/c1-25-17-8-6-15(7-9-17)18(22)14-20-10-12-21(13-11-20)26(23,24)19-16-4-2-3-5-16/h6-9,16,19H,2-5,10-14H2,1H3. The van der Waals surface area contributed by atoms with Crippen molar-refractivity contribution in [2.24, 2.45) is 0 Å². The Morgan fingerprint density at radius 3 is 2.31 bits per heavy atom. The van der Waals surface area contributed by atoms with Gasteiger partial charge in [-0.05, 0) is 37.1 Å². The van der Waals surface area contributed by atoms with Gasteiger partial charge in [-0.15, -0.1) is 0 Å². The average molecular weight is 381 g/mol. The van der Waals surface area contributed by atoms with Crippen molar-refractivity contribution in [1.82, 2.24) is 13.9 Å². The molecule has 8 heteroatoms. The maximum atomic E-state index is 12.5. The van der Waals surface area contributed by atoms with E-state index in [-0.39, 0.29) is 11.8 Å². The van der Waals surface area contributed by atoms with E-state index in [1.807, 2.05) is 4.90 Å². The molecule has 0 spiro atoms. The zero-order valence-electron chi connectivity index (χ0n) is 15.2. The number of ether oxygens (including phenoxy) is 1. The van der Waals surface area contributed by atoms with Gasteiger partial charge in [0.2, 0.25) is 0 Å². The van der Waals surface area contributed by atoms with Crippen molar-refractivity contribution < 1.29 is 17.9 Å². The number of benzene rings is 1. The smallest absolute Gasteiger partial charge is 0.279 e. The minimum Gasteiger partial charge on any atom is -0.497 e. The molecule has 144 valence electrons. The van der Waals surface area contributed by atoms with Crippen molar-refractivity contribution in [1.29, 1.82) is 0 Å². The highest BCUT2D eigenvalue weighted by Crippen LogP contribution is 2.19. The van der Waals surface area contributed by atoms with Gasteiger partial charge in [0, 0.05) is 37.8 Å². The lowest BCUT2D eigenvalue weighted by Crippen LogP contribution is -2.54. The van der Waals surface area contributed by atoms with Gasteiger partial charge in [0.1, 0.15) is 5.75 Å². The topological polar surface area (TPSA) is 79.0 Å². The minimum atomic E-state index is -3.42. The van der Waals surface area contributed by atoms with Gasteiger partial charge < -0.3 is 4.74 Å². The second-order valence-corrected chi connectivity index (χ2v) is 8.63. The van der Waals surface area contributed by atoms with Crippen LogP contribution in [0.1, 0.15) is 36.0 Å². The molecule has 1 heterocycles. The Morgan fingerprint density at radius 2 is 1.73 bits per heavy atom. The third-order valence-electron chi connectivity index (χ3n) is 5.12. The molecule has 1 N–H and O–H groups in total. The summed E-state index contributed by atoms with van der Waals surface area (Å²) in [5.41, 5.74) is 0.642. The molecule has 1 aliphatic heterocycles. The molecular weight excluding hydrogens is 354 g/mol. The number of nitrogens with zero attached hydrogens (tertiary/aromatic N) is 2. The van der Waals surface area contributed by atoms with Crippen LogP contribution in [0.3, 0.4) is 0 Å². The van der Waals surface area contributed by atoms with Crippen molar-refractivity contribution in [3.05, 3.63) is 29.8 Å². The SMILES string of the molecule is COc1ccc(C(=O)CN2CCN(S(=O)(=O)NC3CCCC3)CC2)cc1. The molecule has 0 atom stereocenters. The van der Waals surface area contributed by atoms with E-state index >= 15 is 0 Å². The number of carbonyl (C=O) groups excluding carboxylic acids is 1. The number of ketones is 1. The summed E-state index contributed by atoms with van der Waals surface area (Å²) in [5.74, 6) is 0.753. The molecule has 7 nitrogen and oxygen atoms in total. The Hall–Kier alpha value is -1.48. The second kappa shape index (κ2) is 8.47. The van der Waals surface area contributed by atoms with Crippen LogP contribution in [0.25, 0.3) is 0 Å². The highest BCUT2D eigenvalue weighted by Gasteiger charge is 2.30. The molecule has 0 radical (unpaired) electrons. The van der Waals surface area contributed by atoms with Crippen LogP contribution < -0.4 is 9.46 Å². The molecule has 0 aromatic heterocycles.